The molecule has 1 atom stereocenters. The van der Waals surface area contributed by atoms with Crippen LogP contribution in [-0.2, 0) is 0 Å². The molecule has 0 N–H and O–H groups in total. The quantitative estimate of drug-likeness (QED) is 0.652. The van der Waals surface area contributed by atoms with Crippen LogP contribution in [0.1, 0.15) is 25.3 Å². The van der Waals surface area contributed by atoms with Gasteiger partial charge in [-0.25, -0.2) is 0 Å². The summed E-state index contributed by atoms with van der Waals surface area (Å²) in [5.74, 6) is -0.108. The lowest BCUT2D eigenvalue weighted by Gasteiger charge is -2.17. The van der Waals surface area contributed by atoms with Gasteiger partial charge in [0.2, 0.25) is 0 Å². The Morgan fingerprint density at radius 3 is 1.90 bits per heavy atom. The summed E-state index contributed by atoms with van der Waals surface area (Å²) in [6.07, 6.45) is -0.571. The molecule has 0 saturated carbocycles. The molecule has 2 aromatic rings. The number of rotatable bonds is 4. The Hall–Kier alpha value is -1.96. The van der Waals surface area contributed by atoms with Gasteiger partial charge in [0, 0.05) is 5.92 Å². The third kappa shape index (κ3) is 3.53. The monoisotopic (exact) mass is 272 g/mol. The van der Waals surface area contributed by atoms with Gasteiger partial charge in [-0.2, -0.15) is 8.78 Å². The second-order valence-electron chi connectivity index (χ2n) is 5.21. The van der Waals surface area contributed by atoms with Gasteiger partial charge in [-0.1, -0.05) is 68.4 Å². The van der Waals surface area contributed by atoms with E-state index in [2.05, 4.69) is 0 Å². The smallest absolute Gasteiger partial charge is 0.174 e. The number of hydrogen-bond acceptors (Lipinski definition) is 0. The number of allylic oxidation sites excluding steroid dienone is 1. The summed E-state index contributed by atoms with van der Waals surface area (Å²) in [7, 11) is 0. The molecule has 104 valence electrons. The van der Waals surface area contributed by atoms with Crippen LogP contribution in [0.4, 0.5) is 8.78 Å². The molecule has 0 aliphatic rings. The minimum absolute atomic E-state index is 0.138. The Labute approximate surface area is 118 Å². The van der Waals surface area contributed by atoms with Crippen molar-refractivity contribution in [1.29, 1.82) is 0 Å². The van der Waals surface area contributed by atoms with E-state index in [9.17, 15) is 8.78 Å². The van der Waals surface area contributed by atoms with E-state index in [4.69, 9.17) is 0 Å². The molecule has 2 heteroatoms. The maximum Gasteiger partial charge on any atom is 0.266 e. The number of halogens is 2. The molecule has 0 nitrogen and oxygen atoms in total. The maximum atomic E-state index is 12.5. The lowest BCUT2D eigenvalue weighted by atomic mass is 9.87. The van der Waals surface area contributed by atoms with E-state index in [1.54, 1.807) is 0 Å². The Kier molecular flexibility index (Phi) is 4.67. The normalized spacial score (nSPS) is 12.2. The molecule has 0 aromatic heterocycles. The van der Waals surface area contributed by atoms with Gasteiger partial charge in [-0.05, 0) is 28.7 Å². The van der Waals surface area contributed by atoms with Gasteiger partial charge in [0.1, 0.15) is 0 Å². The van der Waals surface area contributed by atoms with Gasteiger partial charge in [-0.15, -0.1) is 0 Å². The zero-order valence-electron chi connectivity index (χ0n) is 11.7. The van der Waals surface area contributed by atoms with Crippen molar-refractivity contribution in [3.63, 3.8) is 0 Å². The summed E-state index contributed by atoms with van der Waals surface area (Å²) >= 11 is 0. The fourth-order valence-electron chi connectivity index (χ4n) is 2.34. The molecule has 0 saturated heterocycles. The summed E-state index contributed by atoms with van der Waals surface area (Å²) in [4.78, 5) is 0. The predicted octanol–water partition coefficient (Wildman–Crippen LogP) is 5.87. The number of hydrogen-bond donors (Lipinski definition) is 0. The highest BCUT2D eigenvalue weighted by Gasteiger charge is 2.14. The van der Waals surface area contributed by atoms with Crippen molar-refractivity contribution in [3.05, 3.63) is 72.3 Å². The predicted molar refractivity (Wildman–Crippen MR) is 79.8 cm³/mol. The van der Waals surface area contributed by atoms with Crippen molar-refractivity contribution in [3.8, 4) is 11.1 Å². The zero-order valence-corrected chi connectivity index (χ0v) is 11.7. The van der Waals surface area contributed by atoms with Crippen LogP contribution >= 0.6 is 0 Å². The molecule has 2 rings (SSSR count). The first-order valence-corrected chi connectivity index (χ1v) is 6.76. The number of benzene rings is 2. The van der Waals surface area contributed by atoms with E-state index in [1.165, 1.54) is 0 Å². The van der Waals surface area contributed by atoms with Gasteiger partial charge in [0.05, 0.1) is 0 Å². The average Bonchev–Trinajstić information content (AvgIpc) is 2.45. The molecule has 0 aliphatic carbocycles. The van der Waals surface area contributed by atoms with Crippen LogP contribution in [-0.4, -0.2) is 0 Å². The van der Waals surface area contributed by atoms with Crippen LogP contribution in [0, 0.1) is 5.92 Å². The third-order valence-corrected chi connectivity index (χ3v) is 3.43. The van der Waals surface area contributed by atoms with Crippen molar-refractivity contribution in [2.24, 2.45) is 5.92 Å². The zero-order chi connectivity index (χ0) is 14.5. The van der Waals surface area contributed by atoms with Crippen molar-refractivity contribution in [1.82, 2.24) is 0 Å². The van der Waals surface area contributed by atoms with E-state index in [0.717, 1.165) is 22.8 Å². The standard InChI is InChI=1S/C18H18F2/c1-13(2)17(12-18(19)20)16-10-8-15(9-11-16)14-6-4-3-5-7-14/h3-13,17H,1-2H3/t17-/m0/s1. The van der Waals surface area contributed by atoms with Crippen LogP contribution < -0.4 is 0 Å². The van der Waals surface area contributed by atoms with Gasteiger partial charge in [0.15, 0.2) is 0 Å². The highest BCUT2D eigenvalue weighted by atomic mass is 19.3. The van der Waals surface area contributed by atoms with Crippen LogP contribution in [0.15, 0.2) is 66.8 Å². The second kappa shape index (κ2) is 6.47. The van der Waals surface area contributed by atoms with E-state index in [-0.39, 0.29) is 11.8 Å². The molecule has 0 bridgehead atoms. The van der Waals surface area contributed by atoms with Crippen LogP contribution in [0.25, 0.3) is 11.1 Å². The van der Waals surface area contributed by atoms with E-state index in [0.29, 0.717) is 0 Å². The molecule has 0 amide bonds. The second-order valence-corrected chi connectivity index (χ2v) is 5.21. The van der Waals surface area contributed by atoms with Gasteiger partial charge < -0.3 is 0 Å². The first kappa shape index (κ1) is 14.4. The first-order valence-electron chi connectivity index (χ1n) is 6.76. The Morgan fingerprint density at radius 1 is 0.850 bits per heavy atom. The molecule has 0 aliphatic heterocycles. The highest BCUT2D eigenvalue weighted by molar-refractivity contribution is 5.63. The van der Waals surface area contributed by atoms with Gasteiger partial charge in [0.25, 0.3) is 6.08 Å². The Bertz CT molecular complexity index is 564. The van der Waals surface area contributed by atoms with Crippen molar-refractivity contribution >= 4 is 0 Å². The van der Waals surface area contributed by atoms with Crippen LogP contribution in [0.3, 0.4) is 0 Å². The summed E-state index contributed by atoms with van der Waals surface area (Å²) in [6.45, 7) is 3.91. The van der Waals surface area contributed by atoms with Crippen LogP contribution in [0.5, 0.6) is 0 Å². The largest absolute Gasteiger partial charge is 0.266 e. The maximum absolute atomic E-state index is 12.5. The molecular weight excluding hydrogens is 254 g/mol. The summed E-state index contributed by atoms with van der Waals surface area (Å²) in [6, 6.07) is 17.9. The molecule has 0 unspecified atom stereocenters. The van der Waals surface area contributed by atoms with E-state index >= 15 is 0 Å². The van der Waals surface area contributed by atoms with Crippen molar-refractivity contribution < 1.29 is 8.78 Å². The fourth-order valence-corrected chi connectivity index (χ4v) is 2.34. The van der Waals surface area contributed by atoms with Crippen molar-refractivity contribution in [2.45, 2.75) is 19.8 Å². The first-order chi connectivity index (χ1) is 9.58. The van der Waals surface area contributed by atoms with E-state index in [1.807, 2.05) is 68.4 Å². The minimum atomic E-state index is -1.61. The minimum Gasteiger partial charge on any atom is -0.174 e. The average molecular weight is 272 g/mol. The third-order valence-electron chi connectivity index (χ3n) is 3.43. The van der Waals surface area contributed by atoms with E-state index < -0.39 is 6.08 Å². The molecule has 0 radical (unpaired) electrons. The molecule has 0 heterocycles. The molecule has 20 heavy (non-hydrogen) atoms. The summed E-state index contributed by atoms with van der Waals surface area (Å²) < 4.78 is 25.1. The Balaban J connectivity index is 2.29. The van der Waals surface area contributed by atoms with Gasteiger partial charge >= 0.3 is 0 Å². The van der Waals surface area contributed by atoms with Crippen molar-refractivity contribution in [2.75, 3.05) is 0 Å². The van der Waals surface area contributed by atoms with Gasteiger partial charge in [-0.3, -0.25) is 0 Å². The lowest BCUT2D eigenvalue weighted by molar-refractivity contribution is 0.407. The topological polar surface area (TPSA) is 0 Å². The Morgan fingerprint density at radius 2 is 1.40 bits per heavy atom. The molecule has 0 fully saturated rings. The fraction of sp³-hybridized carbons (Fsp3) is 0.222. The van der Waals surface area contributed by atoms with Crippen LogP contribution in [0.2, 0.25) is 0 Å². The lowest BCUT2D eigenvalue weighted by Crippen LogP contribution is -2.04. The highest BCUT2D eigenvalue weighted by Crippen LogP contribution is 2.29. The molecular formula is C18H18F2. The molecule has 2 aromatic carbocycles. The summed E-state index contributed by atoms with van der Waals surface area (Å²) in [5, 5.41) is 0. The molecule has 0 spiro atoms. The summed E-state index contributed by atoms with van der Waals surface area (Å²) in [5.41, 5.74) is 3.15. The SMILES string of the molecule is CC(C)[C@H](C=C(F)F)c1ccc(-c2ccccc2)cc1.